The molecule has 0 spiro atoms. The van der Waals surface area contributed by atoms with Crippen molar-refractivity contribution in [2.24, 2.45) is 0 Å². The molecule has 1 saturated heterocycles. The highest BCUT2D eigenvalue weighted by molar-refractivity contribution is 5.91. The fourth-order valence-corrected chi connectivity index (χ4v) is 3.64. The molecule has 3 aromatic rings. The highest BCUT2D eigenvalue weighted by atomic mass is 16.5. The summed E-state index contributed by atoms with van der Waals surface area (Å²) in [6, 6.07) is 17.1. The van der Waals surface area contributed by atoms with Gasteiger partial charge in [0, 0.05) is 37.8 Å². The Hall–Kier alpha value is -3.81. The first-order valence-electron chi connectivity index (χ1n) is 10.7. The number of carbonyl (C=O) groups is 1. The van der Waals surface area contributed by atoms with Crippen LogP contribution in [-0.2, 0) is 0 Å². The van der Waals surface area contributed by atoms with E-state index < -0.39 is 0 Å². The van der Waals surface area contributed by atoms with E-state index in [0.717, 1.165) is 22.8 Å². The molecular weight excluding hydrogens is 406 g/mol. The van der Waals surface area contributed by atoms with Crippen LogP contribution in [0.5, 0.6) is 11.5 Å². The van der Waals surface area contributed by atoms with E-state index in [2.05, 4.69) is 20.2 Å². The molecule has 1 aromatic heterocycles. The Morgan fingerprint density at radius 2 is 1.84 bits per heavy atom. The zero-order valence-electron chi connectivity index (χ0n) is 18.3. The highest BCUT2D eigenvalue weighted by Crippen LogP contribution is 2.26. The van der Waals surface area contributed by atoms with Gasteiger partial charge in [0.1, 0.15) is 23.6 Å². The molecular formula is C24H27N5O3. The highest BCUT2D eigenvalue weighted by Gasteiger charge is 2.23. The maximum atomic E-state index is 12.8. The van der Waals surface area contributed by atoms with Gasteiger partial charge in [-0.25, -0.2) is 14.8 Å². The molecule has 2 heterocycles. The molecule has 0 atom stereocenters. The maximum Gasteiger partial charge on any atom is 0.322 e. The average Bonchev–Trinajstić information content (AvgIpc) is 2.85. The number of nitrogens with one attached hydrogen (secondary N) is 1. The van der Waals surface area contributed by atoms with Gasteiger partial charge in [-0.05, 0) is 31.2 Å². The van der Waals surface area contributed by atoms with Crippen molar-refractivity contribution in [1.82, 2.24) is 14.9 Å². The van der Waals surface area contributed by atoms with Crippen molar-refractivity contribution in [1.29, 1.82) is 0 Å². The topological polar surface area (TPSA) is 79.8 Å². The third-order valence-electron chi connectivity index (χ3n) is 5.34. The molecule has 8 heteroatoms. The number of ether oxygens (including phenoxy) is 2. The number of urea groups is 1. The van der Waals surface area contributed by atoms with Crippen LogP contribution in [0.25, 0.3) is 11.3 Å². The first-order chi connectivity index (χ1) is 15.7. The van der Waals surface area contributed by atoms with Crippen molar-refractivity contribution in [3.05, 3.63) is 60.9 Å². The van der Waals surface area contributed by atoms with Gasteiger partial charge in [0.15, 0.2) is 0 Å². The SMILES string of the molecule is CCOc1ccccc1NC(=O)N1CCN(c2cc(-c3cccc(OC)c3)ncn2)CC1. The van der Waals surface area contributed by atoms with Gasteiger partial charge in [-0.2, -0.15) is 0 Å². The predicted molar refractivity (Wildman–Crippen MR) is 124 cm³/mol. The summed E-state index contributed by atoms with van der Waals surface area (Å²) in [5.41, 5.74) is 2.49. The number of piperazine rings is 1. The van der Waals surface area contributed by atoms with E-state index in [4.69, 9.17) is 9.47 Å². The third-order valence-corrected chi connectivity index (χ3v) is 5.34. The summed E-state index contributed by atoms with van der Waals surface area (Å²) in [6.07, 6.45) is 1.58. The molecule has 0 unspecified atom stereocenters. The lowest BCUT2D eigenvalue weighted by molar-refractivity contribution is 0.208. The van der Waals surface area contributed by atoms with Crippen LogP contribution in [0.15, 0.2) is 60.9 Å². The third kappa shape index (κ3) is 4.91. The van der Waals surface area contributed by atoms with Gasteiger partial charge in [-0.3, -0.25) is 0 Å². The summed E-state index contributed by atoms with van der Waals surface area (Å²) < 4.78 is 10.9. The van der Waals surface area contributed by atoms with Gasteiger partial charge in [0.25, 0.3) is 0 Å². The fourth-order valence-electron chi connectivity index (χ4n) is 3.64. The smallest absolute Gasteiger partial charge is 0.322 e. The van der Waals surface area contributed by atoms with Gasteiger partial charge >= 0.3 is 6.03 Å². The monoisotopic (exact) mass is 433 g/mol. The number of hydrogen-bond acceptors (Lipinski definition) is 6. The average molecular weight is 434 g/mol. The van der Waals surface area contributed by atoms with Gasteiger partial charge in [-0.15, -0.1) is 0 Å². The second-order valence-electron chi connectivity index (χ2n) is 7.33. The van der Waals surface area contributed by atoms with Crippen LogP contribution in [0.3, 0.4) is 0 Å². The lowest BCUT2D eigenvalue weighted by atomic mass is 10.1. The minimum atomic E-state index is -0.128. The molecule has 0 saturated carbocycles. The Bertz CT molecular complexity index is 1070. The minimum absolute atomic E-state index is 0.128. The van der Waals surface area contributed by atoms with Crippen LogP contribution in [0.4, 0.5) is 16.3 Å². The van der Waals surface area contributed by atoms with E-state index in [-0.39, 0.29) is 6.03 Å². The Balaban J connectivity index is 1.39. The van der Waals surface area contributed by atoms with Crippen molar-refractivity contribution in [3.63, 3.8) is 0 Å². The van der Waals surface area contributed by atoms with Crippen molar-refractivity contribution >= 4 is 17.5 Å². The van der Waals surface area contributed by atoms with E-state index in [9.17, 15) is 4.79 Å². The summed E-state index contributed by atoms with van der Waals surface area (Å²) in [7, 11) is 1.65. The number of amides is 2. The molecule has 4 rings (SSSR count). The summed E-state index contributed by atoms with van der Waals surface area (Å²) in [6.45, 7) is 5.04. The van der Waals surface area contributed by atoms with Gasteiger partial charge < -0.3 is 24.6 Å². The Kier molecular flexibility index (Phi) is 6.69. The Labute approximate surface area is 187 Å². The number of benzene rings is 2. The van der Waals surface area contributed by atoms with E-state index in [1.54, 1.807) is 13.4 Å². The van der Waals surface area contributed by atoms with Crippen LogP contribution >= 0.6 is 0 Å². The van der Waals surface area contributed by atoms with Crippen LogP contribution < -0.4 is 19.7 Å². The number of anilines is 2. The quantitative estimate of drug-likeness (QED) is 0.635. The van der Waals surface area contributed by atoms with Gasteiger partial charge in [0.2, 0.25) is 0 Å². The lowest BCUT2D eigenvalue weighted by Crippen LogP contribution is -2.50. The number of nitrogens with zero attached hydrogens (tertiary/aromatic N) is 4. The maximum absolute atomic E-state index is 12.8. The largest absolute Gasteiger partial charge is 0.497 e. The van der Waals surface area contributed by atoms with E-state index in [1.165, 1.54) is 0 Å². The molecule has 32 heavy (non-hydrogen) atoms. The number of aromatic nitrogens is 2. The summed E-state index contributed by atoms with van der Waals surface area (Å²) in [5, 5.41) is 2.97. The van der Waals surface area contributed by atoms with Crippen LogP contribution in [0, 0.1) is 0 Å². The van der Waals surface area contributed by atoms with Gasteiger partial charge in [0.05, 0.1) is 25.1 Å². The zero-order chi connectivity index (χ0) is 22.3. The molecule has 166 valence electrons. The number of methoxy groups -OCH3 is 1. The van der Waals surface area contributed by atoms with Crippen molar-refractivity contribution in [2.75, 3.05) is 50.1 Å². The lowest BCUT2D eigenvalue weighted by Gasteiger charge is -2.35. The first kappa shape index (κ1) is 21.4. The van der Waals surface area contributed by atoms with Crippen LogP contribution in [0.2, 0.25) is 0 Å². The number of para-hydroxylation sites is 2. The fraction of sp³-hybridized carbons (Fsp3) is 0.292. The molecule has 2 aromatic carbocycles. The first-order valence-corrected chi connectivity index (χ1v) is 10.7. The molecule has 8 nitrogen and oxygen atoms in total. The molecule has 1 N–H and O–H groups in total. The van der Waals surface area contributed by atoms with Crippen LogP contribution in [0.1, 0.15) is 6.92 Å². The molecule has 0 aliphatic carbocycles. The Morgan fingerprint density at radius 1 is 1.03 bits per heavy atom. The van der Waals surface area contributed by atoms with E-state index >= 15 is 0 Å². The number of hydrogen-bond donors (Lipinski definition) is 1. The Morgan fingerprint density at radius 3 is 2.62 bits per heavy atom. The number of rotatable bonds is 6. The normalized spacial score (nSPS) is 13.6. The molecule has 1 aliphatic heterocycles. The summed E-state index contributed by atoms with van der Waals surface area (Å²) >= 11 is 0. The molecule has 1 aliphatic rings. The van der Waals surface area contributed by atoms with Gasteiger partial charge in [-0.1, -0.05) is 24.3 Å². The van der Waals surface area contributed by atoms with Crippen molar-refractivity contribution < 1.29 is 14.3 Å². The molecule has 0 bridgehead atoms. The second kappa shape index (κ2) is 10.00. The van der Waals surface area contributed by atoms with Crippen molar-refractivity contribution in [2.45, 2.75) is 6.92 Å². The molecule has 0 radical (unpaired) electrons. The summed E-state index contributed by atoms with van der Waals surface area (Å²) in [4.78, 5) is 25.6. The van der Waals surface area contributed by atoms with Crippen molar-refractivity contribution in [3.8, 4) is 22.8 Å². The van der Waals surface area contributed by atoms with Crippen LogP contribution in [-0.4, -0.2) is 60.8 Å². The predicted octanol–water partition coefficient (Wildman–Crippen LogP) is 3.91. The summed E-state index contributed by atoms with van der Waals surface area (Å²) in [5.74, 6) is 2.31. The standard InChI is InChI=1S/C24H27N5O3/c1-3-32-22-10-5-4-9-20(22)27-24(30)29-13-11-28(12-14-29)23-16-21(25-17-26-23)18-7-6-8-19(15-18)31-2/h4-10,15-17H,3,11-14H2,1-2H3,(H,27,30). The minimum Gasteiger partial charge on any atom is -0.497 e. The molecule has 1 fully saturated rings. The number of carbonyl (C=O) groups excluding carboxylic acids is 1. The van der Waals surface area contributed by atoms with E-state index in [1.807, 2.05) is 66.4 Å². The second-order valence-corrected chi connectivity index (χ2v) is 7.33. The van der Waals surface area contributed by atoms with E-state index in [0.29, 0.717) is 44.2 Å². The molecule has 2 amide bonds. The zero-order valence-corrected chi connectivity index (χ0v) is 18.3.